The maximum Gasteiger partial charge on any atom is 0.253 e. The molecule has 2 fully saturated rings. The minimum Gasteiger partial charge on any atom is -0.493 e. The fourth-order valence-corrected chi connectivity index (χ4v) is 5.68. The van der Waals surface area contributed by atoms with Crippen LogP contribution in [0.15, 0.2) is 60.8 Å². The number of fused-ring (bicyclic) bond motifs is 4. The number of hydrogen-bond donors (Lipinski definition) is 1. The fourth-order valence-electron chi connectivity index (χ4n) is 5.68. The van der Waals surface area contributed by atoms with Gasteiger partial charge in [0.2, 0.25) is 0 Å². The van der Waals surface area contributed by atoms with Gasteiger partial charge >= 0.3 is 0 Å². The summed E-state index contributed by atoms with van der Waals surface area (Å²) in [6.07, 6.45) is 5.33. The molecule has 7 nitrogen and oxygen atoms in total. The number of aliphatic hydroxyl groups excluding tert-OH is 1. The summed E-state index contributed by atoms with van der Waals surface area (Å²) in [6, 6.07) is 17.6. The first-order valence-electron chi connectivity index (χ1n) is 12.4. The van der Waals surface area contributed by atoms with Crippen molar-refractivity contribution >= 4 is 5.91 Å². The molecule has 1 N–H and O–H groups in total. The Kier molecular flexibility index (Phi) is 5.44. The lowest BCUT2D eigenvalue weighted by molar-refractivity contribution is -0.00932. The molecule has 1 aromatic heterocycles. The van der Waals surface area contributed by atoms with Gasteiger partial charge in [-0.2, -0.15) is 0 Å². The first kappa shape index (κ1) is 22.0. The molecule has 1 saturated carbocycles. The van der Waals surface area contributed by atoms with Crippen LogP contribution in [0.5, 0.6) is 17.2 Å². The van der Waals surface area contributed by atoms with Crippen LogP contribution in [0.2, 0.25) is 0 Å². The second kappa shape index (κ2) is 8.64. The number of methoxy groups -OCH3 is 1. The molecule has 1 spiro atoms. The average Bonchev–Trinajstić information content (AvgIpc) is 3.55. The topological polar surface area (TPSA) is 73.2 Å². The van der Waals surface area contributed by atoms with Crippen LogP contribution in [0.1, 0.15) is 49.6 Å². The van der Waals surface area contributed by atoms with Crippen molar-refractivity contribution in [2.45, 2.75) is 49.9 Å². The number of nitrogens with zero attached hydrogens (tertiary/aromatic N) is 2. The quantitative estimate of drug-likeness (QED) is 0.598. The number of likely N-dealkylation sites (tertiary alicyclic amines) is 1. The smallest absolute Gasteiger partial charge is 0.253 e. The van der Waals surface area contributed by atoms with Gasteiger partial charge in [-0.15, -0.1) is 0 Å². The minimum absolute atomic E-state index is 0. The number of carbonyl (C=O) groups is 1. The van der Waals surface area contributed by atoms with Gasteiger partial charge in [-0.3, -0.25) is 4.79 Å². The van der Waals surface area contributed by atoms with Crippen molar-refractivity contribution in [2.75, 3.05) is 20.2 Å². The summed E-state index contributed by atoms with van der Waals surface area (Å²) in [5, 5.41) is 10.1. The fraction of sp³-hybridized carbons (Fsp3) is 0.393. The summed E-state index contributed by atoms with van der Waals surface area (Å²) in [7, 11) is 1.57. The molecule has 7 heteroatoms. The van der Waals surface area contributed by atoms with Gasteiger partial charge in [-0.1, -0.05) is 12.1 Å². The molecule has 2 aromatic carbocycles. The van der Waals surface area contributed by atoms with Gasteiger partial charge in [0.1, 0.15) is 11.9 Å². The number of para-hydroxylation sites is 2. The standard InChI is InChI=1S/C28H30N2O5.H2/c1-33-25-18-19(11-12-24(25)34-23-9-4-7-21(23)31)27(32)29-16-13-28(14-17-29)26-10-5-15-30(26)20-6-2-3-8-22(20)35-28;/h2-3,5-6,8,10-12,15,18,21,23,31H,4,7,9,13-14,16-17H2,1H3;1H/t21-,23-;/m1./s1. The summed E-state index contributed by atoms with van der Waals surface area (Å²) in [6.45, 7) is 1.20. The molecule has 0 radical (unpaired) electrons. The van der Waals surface area contributed by atoms with Gasteiger partial charge in [-0.05, 0) is 61.7 Å². The molecule has 3 aliphatic rings. The number of ether oxygens (including phenoxy) is 3. The van der Waals surface area contributed by atoms with Gasteiger partial charge in [0.25, 0.3) is 5.91 Å². The van der Waals surface area contributed by atoms with E-state index in [1.807, 2.05) is 23.1 Å². The molecule has 1 aliphatic carbocycles. The molecule has 3 heterocycles. The van der Waals surface area contributed by atoms with E-state index in [1.54, 1.807) is 25.3 Å². The van der Waals surface area contributed by atoms with E-state index in [0.717, 1.165) is 49.2 Å². The Balaban J connectivity index is 0.00000267. The molecular weight excluding hydrogens is 444 g/mol. The van der Waals surface area contributed by atoms with E-state index in [4.69, 9.17) is 14.2 Å². The Hall–Kier alpha value is -3.45. The normalized spacial score (nSPS) is 22.3. The van der Waals surface area contributed by atoms with Crippen molar-refractivity contribution < 1.29 is 25.5 Å². The van der Waals surface area contributed by atoms with Crippen LogP contribution in [-0.2, 0) is 5.60 Å². The summed E-state index contributed by atoms with van der Waals surface area (Å²) in [4.78, 5) is 15.3. The Morgan fingerprint density at radius 1 is 1.09 bits per heavy atom. The highest BCUT2D eigenvalue weighted by molar-refractivity contribution is 5.95. The van der Waals surface area contributed by atoms with E-state index in [1.165, 1.54) is 0 Å². The second-order valence-corrected chi connectivity index (χ2v) is 9.64. The third-order valence-corrected chi connectivity index (χ3v) is 7.61. The van der Waals surface area contributed by atoms with E-state index >= 15 is 0 Å². The Morgan fingerprint density at radius 2 is 1.91 bits per heavy atom. The number of aromatic nitrogens is 1. The number of piperidine rings is 1. The number of hydrogen-bond acceptors (Lipinski definition) is 5. The highest BCUT2D eigenvalue weighted by Crippen LogP contribution is 2.45. The van der Waals surface area contributed by atoms with Gasteiger partial charge in [0.05, 0.1) is 24.6 Å². The lowest BCUT2D eigenvalue weighted by atomic mass is 9.86. The van der Waals surface area contributed by atoms with E-state index in [-0.39, 0.29) is 13.4 Å². The zero-order valence-corrected chi connectivity index (χ0v) is 19.9. The third-order valence-electron chi connectivity index (χ3n) is 7.61. The summed E-state index contributed by atoms with van der Waals surface area (Å²) in [5.74, 6) is 1.91. The van der Waals surface area contributed by atoms with Crippen molar-refractivity contribution in [3.05, 3.63) is 72.1 Å². The molecule has 0 bridgehead atoms. The predicted octanol–water partition coefficient (Wildman–Crippen LogP) is 4.55. The Labute approximate surface area is 206 Å². The average molecular weight is 477 g/mol. The Bertz CT molecular complexity index is 1250. The summed E-state index contributed by atoms with van der Waals surface area (Å²) < 4.78 is 20.3. The monoisotopic (exact) mass is 476 g/mol. The van der Waals surface area contributed by atoms with Crippen molar-refractivity contribution in [1.82, 2.24) is 9.47 Å². The molecule has 2 atom stereocenters. The van der Waals surface area contributed by atoms with Crippen LogP contribution >= 0.6 is 0 Å². The second-order valence-electron chi connectivity index (χ2n) is 9.64. The van der Waals surface area contributed by atoms with Gasteiger partial charge in [0, 0.05) is 39.1 Å². The maximum atomic E-state index is 13.4. The number of benzene rings is 2. The largest absolute Gasteiger partial charge is 0.493 e. The highest BCUT2D eigenvalue weighted by Gasteiger charge is 2.44. The molecule has 1 saturated heterocycles. The summed E-state index contributed by atoms with van der Waals surface area (Å²) in [5.41, 5.74) is 2.32. The van der Waals surface area contributed by atoms with E-state index in [0.29, 0.717) is 30.2 Å². The number of rotatable bonds is 4. The van der Waals surface area contributed by atoms with Gasteiger partial charge < -0.3 is 28.8 Å². The number of amides is 1. The van der Waals surface area contributed by atoms with Crippen LogP contribution in [-0.4, -0.2) is 52.9 Å². The van der Waals surface area contributed by atoms with Crippen molar-refractivity contribution in [1.29, 1.82) is 0 Å². The molecule has 184 valence electrons. The predicted molar refractivity (Wildman–Crippen MR) is 133 cm³/mol. The third kappa shape index (κ3) is 3.74. The molecule has 2 aliphatic heterocycles. The van der Waals surface area contributed by atoms with Crippen LogP contribution in [0, 0.1) is 0 Å². The first-order chi connectivity index (χ1) is 17.1. The molecular formula is C28H32N2O5. The van der Waals surface area contributed by atoms with Crippen molar-refractivity contribution in [3.63, 3.8) is 0 Å². The zero-order chi connectivity index (χ0) is 24.0. The van der Waals surface area contributed by atoms with E-state index in [9.17, 15) is 9.90 Å². The minimum atomic E-state index is -0.461. The van der Waals surface area contributed by atoms with Crippen molar-refractivity contribution in [2.24, 2.45) is 0 Å². The van der Waals surface area contributed by atoms with E-state index < -0.39 is 11.7 Å². The summed E-state index contributed by atoms with van der Waals surface area (Å²) >= 11 is 0. The van der Waals surface area contributed by atoms with Crippen LogP contribution in [0.25, 0.3) is 5.69 Å². The molecule has 6 rings (SSSR count). The molecule has 35 heavy (non-hydrogen) atoms. The first-order valence-corrected chi connectivity index (χ1v) is 12.4. The lowest BCUT2D eigenvalue weighted by Gasteiger charge is -2.45. The van der Waals surface area contributed by atoms with Crippen LogP contribution in [0.3, 0.4) is 0 Å². The van der Waals surface area contributed by atoms with Crippen LogP contribution < -0.4 is 14.2 Å². The SMILES string of the molecule is COc1cc(C(=O)N2CCC3(CC2)Oc2ccccc2-n2cccc23)ccc1O[C@@H]1CCC[C@H]1O.[HH]. The van der Waals surface area contributed by atoms with Crippen molar-refractivity contribution in [3.8, 4) is 22.9 Å². The molecule has 3 aromatic rings. The number of carbonyl (C=O) groups excluding carboxylic acids is 1. The lowest BCUT2D eigenvalue weighted by Crippen LogP contribution is -2.50. The Morgan fingerprint density at radius 3 is 2.69 bits per heavy atom. The highest BCUT2D eigenvalue weighted by atomic mass is 16.5. The van der Waals surface area contributed by atoms with Gasteiger partial charge in [0.15, 0.2) is 17.1 Å². The van der Waals surface area contributed by atoms with E-state index in [2.05, 4.69) is 29.0 Å². The van der Waals surface area contributed by atoms with Gasteiger partial charge in [-0.25, -0.2) is 0 Å². The molecule has 0 unspecified atom stereocenters. The number of aliphatic hydroxyl groups is 1. The zero-order valence-electron chi connectivity index (χ0n) is 19.9. The van der Waals surface area contributed by atoms with Crippen LogP contribution in [0.4, 0.5) is 0 Å². The maximum absolute atomic E-state index is 13.4. The molecule has 1 amide bonds.